The van der Waals surface area contributed by atoms with Gasteiger partial charge in [0, 0.05) is 6.61 Å². The number of aliphatic hydroxyl groups is 1. The molecule has 0 bridgehead atoms. The number of para-hydroxylation sites is 1. The smallest absolute Gasteiger partial charge is 0.226 e. The van der Waals surface area contributed by atoms with Crippen LogP contribution in [0.3, 0.4) is 0 Å². The van der Waals surface area contributed by atoms with Gasteiger partial charge in [0.25, 0.3) is 0 Å². The number of ether oxygens (including phenoxy) is 1. The van der Waals surface area contributed by atoms with Crippen molar-refractivity contribution in [1.82, 2.24) is 5.32 Å². The number of hydrogen-bond acceptors (Lipinski definition) is 3. The molecule has 2 aromatic carbocycles. The summed E-state index contributed by atoms with van der Waals surface area (Å²) < 4.78 is 5.63. The molecular formula is C19H23NO3. The van der Waals surface area contributed by atoms with E-state index in [-0.39, 0.29) is 24.5 Å². The number of carbonyl (C=O) groups excluding carboxylic acids is 1. The lowest BCUT2D eigenvalue weighted by molar-refractivity contribution is -0.126. The van der Waals surface area contributed by atoms with Crippen molar-refractivity contribution in [2.45, 2.75) is 19.4 Å². The first-order valence-corrected chi connectivity index (χ1v) is 7.84. The van der Waals surface area contributed by atoms with Gasteiger partial charge >= 0.3 is 0 Å². The van der Waals surface area contributed by atoms with E-state index in [0.717, 1.165) is 11.3 Å². The first kappa shape index (κ1) is 17.0. The number of rotatable bonds is 8. The minimum Gasteiger partial charge on any atom is -0.493 e. The van der Waals surface area contributed by atoms with Crippen LogP contribution in [0.5, 0.6) is 5.75 Å². The van der Waals surface area contributed by atoms with Crippen LogP contribution in [0.25, 0.3) is 0 Å². The molecule has 122 valence electrons. The monoisotopic (exact) mass is 313 g/mol. The molecule has 0 aromatic heterocycles. The number of nitrogens with one attached hydrogen (secondary N) is 1. The number of hydrogen-bond donors (Lipinski definition) is 2. The predicted molar refractivity (Wildman–Crippen MR) is 90.1 cm³/mol. The van der Waals surface area contributed by atoms with Gasteiger partial charge in [-0.2, -0.15) is 0 Å². The van der Waals surface area contributed by atoms with Crippen LogP contribution >= 0.6 is 0 Å². The second-order valence-electron chi connectivity index (χ2n) is 5.51. The SMILES string of the molecule is CC(COc1ccccc1)C(=O)NC(CCO)c1ccccc1. The minimum atomic E-state index is -0.278. The molecule has 2 atom stereocenters. The molecule has 0 saturated heterocycles. The van der Waals surface area contributed by atoms with E-state index in [4.69, 9.17) is 4.74 Å². The van der Waals surface area contributed by atoms with E-state index in [1.807, 2.05) is 67.6 Å². The minimum absolute atomic E-state index is 0.0226. The lowest BCUT2D eigenvalue weighted by Gasteiger charge is -2.21. The highest BCUT2D eigenvalue weighted by atomic mass is 16.5. The lowest BCUT2D eigenvalue weighted by atomic mass is 10.0. The number of benzene rings is 2. The summed E-state index contributed by atoms with van der Waals surface area (Å²) in [6, 6.07) is 18.9. The van der Waals surface area contributed by atoms with E-state index in [2.05, 4.69) is 5.32 Å². The Labute approximate surface area is 137 Å². The number of aliphatic hydroxyl groups excluding tert-OH is 1. The van der Waals surface area contributed by atoms with Gasteiger partial charge in [0.1, 0.15) is 5.75 Å². The van der Waals surface area contributed by atoms with Crippen LogP contribution in [0.4, 0.5) is 0 Å². The van der Waals surface area contributed by atoms with Crippen molar-refractivity contribution in [3.8, 4) is 5.75 Å². The highest BCUT2D eigenvalue weighted by Gasteiger charge is 2.19. The molecule has 0 saturated carbocycles. The van der Waals surface area contributed by atoms with Gasteiger partial charge < -0.3 is 15.2 Å². The van der Waals surface area contributed by atoms with Crippen molar-refractivity contribution < 1.29 is 14.6 Å². The molecule has 0 heterocycles. The first-order valence-electron chi connectivity index (χ1n) is 7.84. The number of carbonyl (C=O) groups is 1. The summed E-state index contributed by atoms with van der Waals surface area (Å²) in [6.07, 6.45) is 0.488. The van der Waals surface area contributed by atoms with E-state index >= 15 is 0 Å². The van der Waals surface area contributed by atoms with E-state index in [1.165, 1.54) is 0 Å². The molecule has 2 unspecified atom stereocenters. The van der Waals surface area contributed by atoms with Gasteiger partial charge in [-0.1, -0.05) is 55.5 Å². The summed E-state index contributed by atoms with van der Waals surface area (Å²) in [5, 5.41) is 12.2. The molecular weight excluding hydrogens is 290 g/mol. The average Bonchev–Trinajstić information content (AvgIpc) is 2.61. The molecule has 0 radical (unpaired) electrons. The van der Waals surface area contributed by atoms with Crippen LogP contribution in [0.2, 0.25) is 0 Å². The van der Waals surface area contributed by atoms with Gasteiger partial charge in [-0.05, 0) is 24.1 Å². The quantitative estimate of drug-likeness (QED) is 0.788. The molecule has 2 rings (SSSR count). The second-order valence-corrected chi connectivity index (χ2v) is 5.51. The summed E-state index contributed by atoms with van der Waals surface area (Å²) in [4.78, 5) is 12.4. The third kappa shape index (κ3) is 5.42. The zero-order valence-electron chi connectivity index (χ0n) is 13.3. The van der Waals surface area contributed by atoms with Crippen LogP contribution in [0, 0.1) is 5.92 Å². The second kappa shape index (κ2) is 8.96. The first-order chi connectivity index (χ1) is 11.2. The van der Waals surface area contributed by atoms with Crippen LogP contribution in [0.1, 0.15) is 24.9 Å². The van der Waals surface area contributed by atoms with Gasteiger partial charge in [0.15, 0.2) is 0 Å². The van der Waals surface area contributed by atoms with Gasteiger partial charge in [0.05, 0.1) is 18.6 Å². The topological polar surface area (TPSA) is 58.6 Å². The third-order valence-corrected chi connectivity index (χ3v) is 3.63. The fourth-order valence-corrected chi connectivity index (χ4v) is 2.26. The molecule has 0 aliphatic rings. The molecule has 0 fully saturated rings. The summed E-state index contributed by atoms with van der Waals surface area (Å²) in [5.41, 5.74) is 0.992. The van der Waals surface area contributed by atoms with Gasteiger partial charge in [-0.3, -0.25) is 4.79 Å². The van der Waals surface area contributed by atoms with Crippen LogP contribution in [0.15, 0.2) is 60.7 Å². The van der Waals surface area contributed by atoms with Crippen molar-refractivity contribution in [3.05, 3.63) is 66.2 Å². The Morgan fingerprint density at radius 3 is 2.30 bits per heavy atom. The molecule has 0 aliphatic heterocycles. The summed E-state index contributed by atoms with van der Waals surface area (Å²) in [5.74, 6) is 0.394. The molecule has 23 heavy (non-hydrogen) atoms. The molecule has 4 nitrogen and oxygen atoms in total. The summed E-state index contributed by atoms with van der Waals surface area (Å²) in [6.45, 7) is 2.17. The normalized spacial score (nSPS) is 13.1. The maximum Gasteiger partial charge on any atom is 0.226 e. The molecule has 1 amide bonds. The van der Waals surface area contributed by atoms with Crippen LogP contribution in [-0.2, 0) is 4.79 Å². The zero-order chi connectivity index (χ0) is 16.5. The van der Waals surface area contributed by atoms with Crippen LogP contribution < -0.4 is 10.1 Å². The van der Waals surface area contributed by atoms with E-state index in [1.54, 1.807) is 0 Å². The standard InChI is InChI=1S/C19H23NO3/c1-15(14-23-17-10-6-3-7-11-17)19(22)20-18(12-13-21)16-8-4-2-5-9-16/h2-11,15,18,21H,12-14H2,1H3,(H,20,22). The predicted octanol–water partition coefficient (Wildman–Crippen LogP) is 2.94. The lowest BCUT2D eigenvalue weighted by Crippen LogP contribution is -2.35. The Hall–Kier alpha value is -2.33. The maximum atomic E-state index is 12.4. The highest BCUT2D eigenvalue weighted by molar-refractivity contribution is 5.78. The third-order valence-electron chi connectivity index (χ3n) is 3.63. The fraction of sp³-hybridized carbons (Fsp3) is 0.316. The Morgan fingerprint density at radius 2 is 1.70 bits per heavy atom. The van der Waals surface area contributed by atoms with Crippen LogP contribution in [-0.4, -0.2) is 24.2 Å². The Kier molecular flexibility index (Phi) is 6.63. The van der Waals surface area contributed by atoms with Crippen molar-refractivity contribution >= 4 is 5.91 Å². The molecule has 0 aliphatic carbocycles. The van der Waals surface area contributed by atoms with E-state index in [9.17, 15) is 9.90 Å². The Bertz CT molecular complexity index is 586. The molecule has 4 heteroatoms. The van der Waals surface area contributed by atoms with Gasteiger partial charge in [0.2, 0.25) is 5.91 Å². The van der Waals surface area contributed by atoms with E-state index < -0.39 is 0 Å². The van der Waals surface area contributed by atoms with Crippen molar-refractivity contribution in [2.24, 2.45) is 5.92 Å². The summed E-state index contributed by atoms with van der Waals surface area (Å²) >= 11 is 0. The van der Waals surface area contributed by atoms with Crippen molar-refractivity contribution in [3.63, 3.8) is 0 Å². The maximum absolute atomic E-state index is 12.4. The Balaban J connectivity index is 1.90. The van der Waals surface area contributed by atoms with E-state index in [0.29, 0.717) is 13.0 Å². The number of amides is 1. The largest absolute Gasteiger partial charge is 0.493 e. The summed E-state index contributed by atoms with van der Waals surface area (Å²) in [7, 11) is 0. The fourth-order valence-electron chi connectivity index (χ4n) is 2.26. The molecule has 2 aromatic rings. The molecule has 0 spiro atoms. The highest BCUT2D eigenvalue weighted by Crippen LogP contribution is 2.17. The zero-order valence-corrected chi connectivity index (χ0v) is 13.3. The Morgan fingerprint density at radius 1 is 1.09 bits per heavy atom. The van der Waals surface area contributed by atoms with Gasteiger partial charge in [-0.25, -0.2) is 0 Å². The molecule has 2 N–H and O–H groups in total. The van der Waals surface area contributed by atoms with Crippen molar-refractivity contribution in [2.75, 3.05) is 13.2 Å². The van der Waals surface area contributed by atoms with Gasteiger partial charge in [-0.15, -0.1) is 0 Å². The van der Waals surface area contributed by atoms with Crippen molar-refractivity contribution in [1.29, 1.82) is 0 Å². The average molecular weight is 313 g/mol.